The van der Waals surface area contributed by atoms with Gasteiger partial charge in [0.15, 0.2) is 5.78 Å². The lowest BCUT2D eigenvalue weighted by Crippen LogP contribution is -2.26. The van der Waals surface area contributed by atoms with E-state index < -0.39 is 0 Å². The number of allylic oxidation sites excluding steroid dienone is 6. The zero-order valence-corrected chi connectivity index (χ0v) is 13.1. The topological polar surface area (TPSA) is 29.1 Å². The normalized spacial score (nSPS) is 19.4. The number of carbonyl (C=O) groups excluding carboxylic acids is 1. The van der Waals surface area contributed by atoms with Gasteiger partial charge < -0.3 is 5.32 Å². The van der Waals surface area contributed by atoms with E-state index >= 15 is 0 Å². The minimum Gasteiger partial charge on any atom is -0.315 e. The van der Waals surface area contributed by atoms with Gasteiger partial charge in [-0.1, -0.05) is 48.6 Å². The summed E-state index contributed by atoms with van der Waals surface area (Å²) in [5.41, 5.74) is 0.569. The first kappa shape index (κ1) is 17.1. The molecule has 0 radical (unpaired) electrons. The van der Waals surface area contributed by atoms with Gasteiger partial charge in [-0.25, -0.2) is 4.39 Å². The van der Waals surface area contributed by atoms with Crippen molar-refractivity contribution in [2.45, 2.75) is 12.8 Å². The van der Waals surface area contributed by atoms with Crippen LogP contribution in [0.1, 0.15) is 23.2 Å². The molecule has 0 saturated heterocycles. The number of hydrogen-bond donors (Lipinski definition) is 1. The van der Waals surface area contributed by atoms with Crippen LogP contribution < -0.4 is 5.32 Å². The van der Waals surface area contributed by atoms with E-state index in [9.17, 15) is 9.18 Å². The van der Waals surface area contributed by atoms with Crippen molar-refractivity contribution in [1.29, 1.82) is 0 Å². The summed E-state index contributed by atoms with van der Waals surface area (Å²) >= 11 is 0. The number of carbonyl (C=O) groups is 1. The minimum absolute atomic E-state index is 0.0469. The highest BCUT2D eigenvalue weighted by Gasteiger charge is 2.17. The molecule has 1 unspecified atom stereocenters. The molecule has 1 aromatic carbocycles. The molecule has 23 heavy (non-hydrogen) atoms. The highest BCUT2D eigenvalue weighted by atomic mass is 19.1. The zero-order chi connectivity index (χ0) is 16.3. The van der Waals surface area contributed by atoms with Crippen LogP contribution in [0, 0.1) is 11.7 Å². The number of Topliss-reactive ketones (excluding diaryl/α,β-unsaturated/α-hetero) is 1. The lowest BCUT2D eigenvalue weighted by molar-refractivity contribution is 0.0945. The summed E-state index contributed by atoms with van der Waals surface area (Å²) in [4.78, 5) is 12.1. The summed E-state index contributed by atoms with van der Waals surface area (Å²) in [5.74, 6) is -0.398. The van der Waals surface area contributed by atoms with Crippen molar-refractivity contribution in [3.63, 3.8) is 0 Å². The van der Waals surface area contributed by atoms with Crippen LogP contribution in [0.5, 0.6) is 0 Å². The van der Waals surface area contributed by atoms with Crippen molar-refractivity contribution in [2.24, 2.45) is 5.92 Å². The maximum absolute atomic E-state index is 12.7. The first-order valence-corrected chi connectivity index (χ1v) is 7.93. The summed E-state index contributed by atoms with van der Waals surface area (Å²) in [5, 5.41) is 3.20. The first-order valence-electron chi connectivity index (χ1n) is 7.93. The van der Waals surface area contributed by atoms with Gasteiger partial charge in [0.1, 0.15) is 5.82 Å². The molecule has 120 valence electrons. The Balaban J connectivity index is 0.000000229. The average Bonchev–Trinajstić information content (AvgIpc) is 3.03. The molecular weight excluding hydrogens is 289 g/mol. The van der Waals surface area contributed by atoms with Crippen LogP contribution in [0.4, 0.5) is 4.39 Å². The first-order chi connectivity index (χ1) is 11.3. The monoisotopic (exact) mass is 311 g/mol. The number of halogens is 1. The van der Waals surface area contributed by atoms with Crippen molar-refractivity contribution in [2.75, 3.05) is 13.1 Å². The minimum atomic E-state index is -0.314. The van der Waals surface area contributed by atoms with E-state index in [0.717, 1.165) is 19.4 Å². The summed E-state index contributed by atoms with van der Waals surface area (Å²) in [6, 6.07) is 5.72. The van der Waals surface area contributed by atoms with Crippen LogP contribution >= 0.6 is 0 Å². The predicted octanol–water partition coefficient (Wildman–Crippen LogP) is 4.23. The molecule has 1 atom stereocenters. The number of nitrogens with one attached hydrogen (secondary N) is 1. The van der Waals surface area contributed by atoms with Crippen molar-refractivity contribution < 1.29 is 9.18 Å². The van der Waals surface area contributed by atoms with Crippen LogP contribution in [-0.2, 0) is 0 Å². The standard InChI is InChI=1S/C13H14FNO.C7H8/c14-12-6-4-10(5-7-12)13(16)11-3-1-2-8-15-9-11;1-2-4-6-7-5-3-1/h1,3-7,11,15H,2,8-9H2;1-6H,7H2. The van der Waals surface area contributed by atoms with E-state index in [0.29, 0.717) is 12.1 Å². The molecular formula is C20H22FNO. The smallest absolute Gasteiger partial charge is 0.170 e. The Morgan fingerprint density at radius 1 is 1.00 bits per heavy atom. The third-order valence-corrected chi connectivity index (χ3v) is 3.56. The lowest BCUT2D eigenvalue weighted by Gasteiger charge is -2.10. The molecule has 0 bridgehead atoms. The van der Waals surface area contributed by atoms with Crippen molar-refractivity contribution in [1.82, 2.24) is 5.32 Å². The molecule has 3 rings (SSSR count). The Labute approximate surface area is 137 Å². The van der Waals surface area contributed by atoms with Gasteiger partial charge in [-0.2, -0.15) is 0 Å². The van der Waals surface area contributed by atoms with Crippen LogP contribution in [0.3, 0.4) is 0 Å². The Kier molecular flexibility index (Phi) is 7.21. The van der Waals surface area contributed by atoms with Gasteiger partial charge >= 0.3 is 0 Å². The van der Waals surface area contributed by atoms with Gasteiger partial charge in [0, 0.05) is 12.1 Å². The molecule has 0 saturated carbocycles. The highest BCUT2D eigenvalue weighted by Crippen LogP contribution is 2.12. The van der Waals surface area contributed by atoms with Crippen molar-refractivity contribution in [3.05, 3.63) is 84.3 Å². The zero-order valence-electron chi connectivity index (χ0n) is 13.1. The summed E-state index contributed by atoms with van der Waals surface area (Å²) in [6.07, 6.45) is 18.4. The molecule has 1 aromatic rings. The molecule has 3 heteroatoms. The van der Waals surface area contributed by atoms with Crippen molar-refractivity contribution >= 4 is 5.78 Å². The Morgan fingerprint density at radius 2 is 1.70 bits per heavy atom. The third-order valence-electron chi connectivity index (χ3n) is 3.56. The van der Waals surface area contributed by atoms with Crippen LogP contribution in [0.25, 0.3) is 0 Å². The Bertz CT molecular complexity index is 597. The number of ketones is 1. The largest absolute Gasteiger partial charge is 0.315 e. The second-order valence-corrected chi connectivity index (χ2v) is 5.38. The van der Waals surface area contributed by atoms with E-state index in [1.807, 2.05) is 24.3 Å². The quantitative estimate of drug-likeness (QED) is 0.654. The fourth-order valence-electron chi connectivity index (χ4n) is 2.30. The molecule has 2 nitrogen and oxygen atoms in total. The average molecular weight is 311 g/mol. The summed E-state index contributed by atoms with van der Waals surface area (Å²) in [6.45, 7) is 1.57. The van der Waals surface area contributed by atoms with E-state index in [1.165, 1.54) is 24.3 Å². The third kappa shape index (κ3) is 6.17. The molecule has 0 aromatic heterocycles. The van der Waals surface area contributed by atoms with Gasteiger partial charge in [-0.15, -0.1) is 0 Å². The number of hydrogen-bond acceptors (Lipinski definition) is 2. The van der Waals surface area contributed by atoms with Gasteiger partial charge in [0.25, 0.3) is 0 Å². The van der Waals surface area contributed by atoms with E-state index in [2.05, 4.69) is 29.6 Å². The molecule has 1 N–H and O–H groups in total. The lowest BCUT2D eigenvalue weighted by atomic mass is 9.97. The van der Waals surface area contributed by atoms with Crippen LogP contribution in [0.15, 0.2) is 72.9 Å². The van der Waals surface area contributed by atoms with E-state index in [-0.39, 0.29) is 17.5 Å². The SMILES string of the molecule is C1=CC=CCC=C1.O=C(c1ccc(F)cc1)C1C=CCCNC1. The number of benzene rings is 1. The Hall–Kier alpha value is -2.26. The molecule has 1 aliphatic heterocycles. The van der Waals surface area contributed by atoms with Gasteiger partial charge in [-0.05, 0) is 43.7 Å². The molecule has 0 amide bonds. The second kappa shape index (κ2) is 9.70. The maximum atomic E-state index is 12.7. The number of rotatable bonds is 2. The fourth-order valence-corrected chi connectivity index (χ4v) is 2.30. The Morgan fingerprint density at radius 3 is 2.39 bits per heavy atom. The van der Waals surface area contributed by atoms with E-state index in [1.54, 1.807) is 0 Å². The molecule has 2 aliphatic rings. The molecule has 1 heterocycles. The summed E-state index contributed by atoms with van der Waals surface area (Å²) < 4.78 is 12.7. The van der Waals surface area contributed by atoms with Gasteiger partial charge in [0.2, 0.25) is 0 Å². The molecule has 0 spiro atoms. The van der Waals surface area contributed by atoms with Crippen LogP contribution in [-0.4, -0.2) is 18.9 Å². The van der Waals surface area contributed by atoms with E-state index in [4.69, 9.17) is 0 Å². The predicted molar refractivity (Wildman–Crippen MR) is 92.9 cm³/mol. The summed E-state index contributed by atoms with van der Waals surface area (Å²) in [7, 11) is 0. The maximum Gasteiger partial charge on any atom is 0.170 e. The fraction of sp³-hybridized carbons (Fsp3) is 0.250. The highest BCUT2D eigenvalue weighted by molar-refractivity contribution is 5.99. The van der Waals surface area contributed by atoms with Crippen LogP contribution in [0.2, 0.25) is 0 Å². The second-order valence-electron chi connectivity index (χ2n) is 5.38. The van der Waals surface area contributed by atoms with Gasteiger partial charge in [-0.3, -0.25) is 4.79 Å². The van der Waals surface area contributed by atoms with Crippen molar-refractivity contribution in [3.8, 4) is 0 Å². The van der Waals surface area contributed by atoms with Gasteiger partial charge in [0.05, 0.1) is 5.92 Å². The molecule has 0 fully saturated rings. The molecule has 1 aliphatic carbocycles.